The fourth-order valence-electron chi connectivity index (χ4n) is 2.85. The number of nitrogens with zero attached hydrogens (tertiary/aromatic N) is 4. The van der Waals surface area contributed by atoms with Crippen LogP contribution in [0.15, 0.2) is 36.5 Å². The molecule has 0 spiro atoms. The summed E-state index contributed by atoms with van der Waals surface area (Å²) in [4.78, 5) is 18.7. The molecule has 3 rings (SSSR count). The Morgan fingerprint density at radius 2 is 2.04 bits per heavy atom. The molecule has 1 fully saturated rings. The van der Waals surface area contributed by atoms with Gasteiger partial charge < -0.3 is 10.2 Å². The molecule has 6 nitrogen and oxygen atoms in total. The van der Waals surface area contributed by atoms with Gasteiger partial charge in [0.05, 0.1) is 0 Å². The van der Waals surface area contributed by atoms with Gasteiger partial charge in [-0.2, -0.15) is 0 Å². The molecule has 1 aliphatic rings. The van der Waals surface area contributed by atoms with Crippen LogP contribution in [0.4, 0.5) is 5.82 Å². The highest BCUT2D eigenvalue weighted by Gasteiger charge is 2.25. The maximum Gasteiger partial charge on any atom is 0.223 e. The Balaban J connectivity index is 1.42. The highest BCUT2D eigenvalue weighted by molar-refractivity contribution is 6.29. The molecule has 2 aromatic rings. The molecule has 7 heteroatoms. The Morgan fingerprint density at radius 1 is 1.21 bits per heavy atom. The first-order valence-electron chi connectivity index (χ1n) is 8.14. The fourth-order valence-corrected chi connectivity index (χ4v) is 2.95. The molecule has 24 heavy (non-hydrogen) atoms. The Bertz CT molecular complexity index is 656. The summed E-state index contributed by atoms with van der Waals surface area (Å²) in [5, 5.41) is 11.4. The number of pyridine rings is 1. The van der Waals surface area contributed by atoms with E-state index in [1.807, 2.05) is 24.3 Å². The van der Waals surface area contributed by atoms with E-state index >= 15 is 0 Å². The highest BCUT2D eigenvalue weighted by Crippen LogP contribution is 2.22. The van der Waals surface area contributed by atoms with Crippen LogP contribution in [0.2, 0.25) is 5.15 Å². The zero-order chi connectivity index (χ0) is 16.8. The summed E-state index contributed by atoms with van der Waals surface area (Å²) in [6, 6.07) is 9.42. The number of piperidine rings is 1. The van der Waals surface area contributed by atoms with Crippen molar-refractivity contribution >= 4 is 23.3 Å². The van der Waals surface area contributed by atoms with E-state index in [2.05, 4.69) is 25.4 Å². The van der Waals surface area contributed by atoms with Gasteiger partial charge in [-0.15, -0.1) is 10.2 Å². The van der Waals surface area contributed by atoms with Gasteiger partial charge >= 0.3 is 0 Å². The average Bonchev–Trinajstić information content (AvgIpc) is 2.63. The third kappa shape index (κ3) is 4.41. The minimum absolute atomic E-state index is 0.0604. The lowest BCUT2D eigenvalue weighted by Crippen LogP contribution is -2.41. The van der Waals surface area contributed by atoms with Gasteiger partial charge in [0.15, 0.2) is 11.0 Å². The minimum atomic E-state index is 0.0604. The second kappa shape index (κ2) is 8.06. The lowest BCUT2D eigenvalue weighted by Gasteiger charge is -2.31. The lowest BCUT2D eigenvalue weighted by molar-refractivity contribution is -0.125. The van der Waals surface area contributed by atoms with Crippen LogP contribution in [0.5, 0.6) is 0 Å². The molecule has 2 aromatic heterocycles. The van der Waals surface area contributed by atoms with Crippen molar-refractivity contribution in [1.29, 1.82) is 0 Å². The summed E-state index contributed by atoms with van der Waals surface area (Å²) in [5.41, 5.74) is 0.994. The molecule has 1 N–H and O–H groups in total. The van der Waals surface area contributed by atoms with Crippen molar-refractivity contribution in [3.63, 3.8) is 0 Å². The Hall–Kier alpha value is -2.21. The van der Waals surface area contributed by atoms with E-state index in [1.54, 1.807) is 12.3 Å². The fraction of sp³-hybridized carbons (Fsp3) is 0.412. The molecule has 1 amide bonds. The lowest BCUT2D eigenvalue weighted by atomic mass is 9.96. The van der Waals surface area contributed by atoms with Crippen molar-refractivity contribution in [2.45, 2.75) is 19.3 Å². The maximum atomic E-state index is 12.3. The van der Waals surface area contributed by atoms with Crippen molar-refractivity contribution in [2.24, 2.45) is 5.92 Å². The number of carbonyl (C=O) groups excluding carboxylic acids is 1. The van der Waals surface area contributed by atoms with Crippen LogP contribution in [-0.4, -0.2) is 40.7 Å². The summed E-state index contributed by atoms with van der Waals surface area (Å²) in [5.74, 6) is 1.01. The molecular formula is C17H20ClN5O. The monoisotopic (exact) mass is 345 g/mol. The molecule has 3 heterocycles. The molecule has 0 bridgehead atoms. The van der Waals surface area contributed by atoms with Gasteiger partial charge in [0.1, 0.15) is 0 Å². The van der Waals surface area contributed by atoms with E-state index in [9.17, 15) is 4.79 Å². The van der Waals surface area contributed by atoms with Gasteiger partial charge in [0.2, 0.25) is 5.91 Å². The molecule has 1 saturated heterocycles. The number of amides is 1. The van der Waals surface area contributed by atoms with Crippen molar-refractivity contribution in [3.8, 4) is 0 Å². The van der Waals surface area contributed by atoms with E-state index < -0.39 is 0 Å². The average molecular weight is 346 g/mol. The molecule has 0 saturated carbocycles. The van der Waals surface area contributed by atoms with E-state index in [0.29, 0.717) is 11.7 Å². The predicted octanol–water partition coefficient (Wildman–Crippen LogP) is 2.10. The third-order valence-electron chi connectivity index (χ3n) is 4.21. The first-order chi connectivity index (χ1) is 11.7. The Kier molecular flexibility index (Phi) is 5.59. The highest BCUT2D eigenvalue weighted by atomic mass is 35.5. The maximum absolute atomic E-state index is 12.3. The van der Waals surface area contributed by atoms with E-state index in [4.69, 9.17) is 11.6 Å². The predicted molar refractivity (Wildman–Crippen MR) is 92.9 cm³/mol. The topological polar surface area (TPSA) is 71.0 Å². The SMILES string of the molecule is O=C(NCCc1ccccn1)C1CCN(c2ccc(Cl)nn2)CC1. The smallest absolute Gasteiger partial charge is 0.223 e. The third-order valence-corrected chi connectivity index (χ3v) is 4.42. The largest absolute Gasteiger partial charge is 0.355 e. The number of hydrogen-bond donors (Lipinski definition) is 1. The number of nitrogens with one attached hydrogen (secondary N) is 1. The van der Waals surface area contributed by atoms with Gasteiger partial charge in [-0.3, -0.25) is 9.78 Å². The summed E-state index contributed by atoms with van der Waals surface area (Å²) >= 11 is 5.76. The van der Waals surface area contributed by atoms with Crippen LogP contribution in [0, 0.1) is 5.92 Å². The zero-order valence-electron chi connectivity index (χ0n) is 13.4. The van der Waals surface area contributed by atoms with Crippen LogP contribution in [0.1, 0.15) is 18.5 Å². The Morgan fingerprint density at radius 3 is 2.71 bits per heavy atom. The molecule has 0 atom stereocenters. The summed E-state index contributed by atoms with van der Waals surface area (Å²) in [7, 11) is 0. The molecule has 0 aliphatic carbocycles. The second-order valence-corrected chi connectivity index (χ2v) is 6.22. The van der Waals surface area contributed by atoms with Crippen molar-refractivity contribution in [2.75, 3.05) is 24.5 Å². The van der Waals surface area contributed by atoms with Gasteiger partial charge in [-0.05, 0) is 37.1 Å². The number of carbonyl (C=O) groups is 1. The van der Waals surface area contributed by atoms with Crippen LogP contribution in [0.3, 0.4) is 0 Å². The number of aromatic nitrogens is 3. The first kappa shape index (κ1) is 16.6. The summed E-state index contributed by atoms with van der Waals surface area (Å²) in [6.07, 6.45) is 4.16. The number of halogens is 1. The van der Waals surface area contributed by atoms with Crippen LogP contribution >= 0.6 is 11.6 Å². The minimum Gasteiger partial charge on any atom is -0.355 e. The molecule has 0 radical (unpaired) electrons. The number of anilines is 1. The van der Waals surface area contributed by atoms with Gasteiger partial charge in [0, 0.05) is 43.9 Å². The molecule has 1 aliphatic heterocycles. The molecule has 126 valence electrons. The van der Waals surface area contributed by atoms with E-state index in [0.717, 1.165) is 43.9 Å². The summed E-state index contributed by atoms with van der Waals surface area (Å²) < 4.78 is 0. The van der Waals surface area contributed by atoms with Gasteiger partial charge in [0.25, 0.3) is 0 Å². The summed E-state index contributed by atoms with van der Waals surface area (Å²) in [6.45, 7) is 2.22. The van der Waals surface area contributed by atoms with Crippen molar-refractivity contribution in [1.82, 2.24) is 20.5 Å². The van der Waals surface area contributed by atoms with Gasteiger partial charge in [-0.1, -0.05) is 17.7 Å². The van der Waals surface area contributed by atoms with E-state index in [1.165, 1.54) is 0 Å². The molecule has 0 aromatic carbocycles. The van der Waals surface area contributed by atoms with Crippen LogP contribution in [-0.2, 0) is 11.2 Å². The zero-order valence-corrected chi connectivity index (χ0v) is 14.1. The second-order valence-electron chi connectivity index (χ2n) is 5.84. The van der Waals surface area contributed by atoms with Crippen molar-refractivity contribution < 1.29 is 4.79 Å². The Labute approximate surface area is 146 Å². The number of rotatable bonds is 5. The van der Waals surface area contributed by atoms with Crippen molar-refractivity contribution in [3.05, 3.63) is 47.4 Å². The quantitative estimate of drug-likeness (QED) is 0.898. The van der Waals surface area contributed by atoms with E-state index in [-0.39, 0.29) is 11.8 Å². The first-order valence-corrected chi connectivity index (χ1v) is 8.52. The van der Waals surface area contributed by atoms with Crippen LogP contribution in [0.25, 0.3) is 0 Å². The van der Waals surface area contributed by atoms with Crippen LogP contribution < -0.4 is 10.2 Å². The number of hydrogen-bond acceptors (Lipinski definition) is 5. The molecule has 0 unspecified atom stereocenters. The standard InChI is InChI=1S/C17H20ClN5O/c18-15-4-5-16(22-21-15)23-11-7-13(8-12-23)17(24)20-10-6-14-3-1-2-9-19-14/h1-5,9,13H,6-8,10-12H2,(H,20,24). The molecular weight excluding hydrogens is 326 g/mol. The van der Waals surface area contributed by atoms with Gasteiger partial charge in [-0.25, -0.2) is 0 Å². The normalized spacial score (nSPS) is 15.3.